The molecule has 0 saturated heterocycles. The van der Waals surface area contributed by atoms with E-state index < -0.39 is 6.10 Å². The fourth-order valence-corrected chi connectivity index (χ4v) is 4.43. The second-order valence-electron chi connectivity index (χ2n) is 7.90. The molecule has 1 N–H and O–H groups in total. The van der Waals surface area contributed by atoms with Gasteiger partial charge in [0.15, 0.2) is 6.10 Å². The molecule has 2 unspecified atom stereocenters. The third-order valence-corrected chi connectivity index (χ3v) is 6.46. The highest BCUT2D eigenvalue weighted by Crippen LogP contribution is 2.39. The molecule has 4 rings (SSSR count). The molecular weight excluding hydrogens is 422 g/mol. The van der Waals surface area contributed by atoms with E-state index in [1.165, 1.54) is 0 Å². The van der Waals surface area contributed by atoms with Crippen LogP contribution in [-0.4, -0.2) is 35.5 Å². The number of nitrogens with one attached hydrogen (secondary N) is 1. The Balaban J connectivity index is 1.66. The average molecular weight is 450 g/mol. The molecule has 0 saturated carbocycles. The minimum absolute atomic E-state index is 0.0359. The van der Waals surface area contributed by atoms with Gasteiger partial charge in [0, 0.05) is 22.5 Å². The van der Waals surface area contributed by atoms with Crippen molar-refractivity contribution in [2.75, 3.05) is 11.4 Å². The third kappa shape index (κ3) is 4.53. The number of aromatic nitrogens is 1. The maximum atomic E-state index is 13.1. The number of carbonyl (C=O) groups excluding carboxylic acids is 2. The number of rotatable bonds is 7. The summed E-state index contributed by atoms with van der Waals surface area (Å²) in [5.74, 6) is 0.232. The zero-order chi connectivity index (χ0) is 22.7. The third-order valence-electron chi connectivity index (χ3n) is 5.57. The molecule has 0 fully saturated rings. The molecule has 7 heteroatoms. The Bertz CT molecular complexity index is 1110. The fraction of sp³-hybridized carbons (Fsp3) is 0.320. The van der Waals surface area contributed by atoms with E-state index in [4.69, 9.17) is 9.72 Å². The van der Waals surface area contributed by atoms with Crippen molar-refractivity contribution in [3.8, 4) is 27.6 Å². The lowest BCUT2D eigenvalue weighted by molar-refractivity contribution is -0.129. The Morgan fingerprint density at radius 1 is 1.19 bits per heavy atom. The SMILES string of the molecule is CCC(C)NC(=O)CN1C(=O)C(CC)Oc2ccc(-c3csc(-c4ccccc4)n3)cc21. The second-order valence-corrected chi connectivity index (χ2v) is 8.76. The van der Waals surface area contributed by atoms with Crippen molar-refractivity contribution < 1.29 is 14.3 Å². The lowest BCUT2D eigenvalue weighted by atomic mass is 10.1. The van der Waals surface area contributed by atoms with Crippen molar-refractivity contribution in [1.82, 2.24) is 10.3 Å². The predicted octanol–water partition coefficient (Wildman–Crippen LogP) is 4.90. The molecule has 0 spiro atoms. The monoisotopic (exact) mass is 449 g/mol. The van der Waals surface area contributed by atoms with E-state index in [2.05, 4.69) is 5.32 Å². The molecule has 32 heavy (non-hydrogen) atoms. The van der Waals surface area contributed by atoms with Crippen LogP contribution in [0.2, 0.25) is 0 Å². The largest absolute Gasteiger partial charge is 0.478 e. The van der Waals surface area contributed by atoms with Gasteiger partial charge in [0.1, 0.15) is 17.3 Å². The highest BCUT2D eigenvalue weighted by Gasteiger charge is 2.35. The van der Waals surface area contributed by atoms with Gasteiger partial charge in [-0.15, -0.1) is 11.3 Å². The summed E-state index contributed by atoms with van der Waals surface area (Å²) in [5, 5.41) is 5.88. The minimum atomic E-state index is -0.589. The van der Waals surface area contributed by atoms with E-state index >= 15 is 0 Å². The van der Waals surface area contributed by atoms with E-state index in [0.717, 1.165) is 28.2 Å². The van der Waals surface area contributed by atoms with Crippen molar-refractivity contribution in [1.29, 1.82) is 0 Å². The minimum Gasteiger partial charge on any atom is -0.478 e. The number of thiazole rings is 1. The first-order valence-corrected chi connectivity index (χ1v) is 11.8. The van der Waals surface area contributed by atoms with Crippen molar-refractivity contribution in [2.24, 2.45) is 0 Å². The highest BCUT2D eigenvalue weighted by molar-refractivity contribution is 7.13. The summed E-state index contributed by atoms with van der Waals surface area (Å²) in [6.45, 7) is 5.83. The van der Waals surface area contributed by atoms with Crippen LogP contribution in [0.4, 0.5) is 5.69 Å². The summed E-state index contributed by atoms with van der Waals surface area (Å²) >= 11 is 1.57. The number of fused-ring (bicyclic) bond motifs is 1. The second kappa shape index (κ2) is 9.53. The number of hydrogen-bond donors (Lipinski definition) is 1. The van der Waals surface area contributed by atoms with Crippen LogP contribution < -0.4 is 15.0 Å². The number of nitrogens with zero attached hydrogens (tertiary/aromatic N) is 2. The molecule has 1 aliphatic heterocycles. The molecule has 0 radical (unpaired) electrons. The van der Waals surface area contributed by atoms with Crippen molar-refractivity contribution in [3.63, 3.8) is 0 Å². The summed E-state index contributed by atoms with van der Waals surface area (Å²) in [6, 6.07) is 15.8. The molecule has 2 atom stereocenters. The van der Waals surface area contributed by atoms with Gasteiger partial charge in [-0.1, -0.05) is 44.2 Å². The molecule has 1 aromatic heterocycles. The van der Waals surface area contributed by atoms with E-state index in [1.54, 1.807) is 16.2 Å². The van der Waals surface area contributed by atoms with Gasteiger partial charge in [-0.05, 0) is 38.0 Å². The van der Waals surface area contributed by atoms with Crippen LogP contribution in [0.1, 0.15) is 33.6 Å². The number of anilines is 1. The quantitative estimate of drug-likeness (QED) is 0.557. The van der Waals surface area contributed by atoms with Crippen LogP contribution in [-0.2, 0) is 9.59 Å². The maximum absolute atomic E-state index is 13.1. The number of amides is 2. The van der Waals surface area contributed by atoms with Gasteiger partial charge in [-0.2, -0.15) is 0 Å². The number of hydrogen-bond acceptors (Lipinski definition) is 5. The molecule has 2 aromatic carbocycles. The topological polar surface area (TPSA) is 71.5 Å². The lowest BCUT2D eigenvalue weighted by Crippen LogP contribution is -2.50. The number of benzene rings is 2. The van der Waals surface area contributed by atoms with Crippen LogP contribution in [0.25, 0.3) is 21.8 Å². The summed E-state index contributed by atoms with van der Waals surface area (Å²) in [6.07, 6.45) is 0.777. The Morgan fingerprint density at radius 3 is 2.69 bits per heavy atom. The van der Waals surface area contributed by atoms with E-state index in [0.29, 0.717) is 17.9 Å². The van der Waals surface area contributed by atoms with Gasteiger partial charge >= 0.3 is 0 Å². The molecular formula is C25H27N3O3S. The molecule has 3 aromatic rings. The van der Waals surface area contributed by atoms with E-state index in [1.807, 2.05) is 74.7 Å². The van der Waals surface area contributed by atoms with E-state index in [-0.39, 0.29) is 24.4 Å². The maximum Gasteiger partial charge on any atom is 0.268 e. The van der Waals surface area contributed by atoms with Crippen LogP contribution in [0.15, 0.2) is 53.9 Å². The molecule has 6 nitrogen and oxygen atoms in total. The summed E-state index contributed by atoms with van der Waals surface area (Å²) in [4.78, 5) is 32.0. The van der Waals surface area contributed by atoms with Gasteiger partial charge in [-0.3, -0.25) is 14.5 Å². The first kappa shape index (κ1) is 22.0. The van der Waals surface area contributed by atoms with Crippen molar-refractivity contribution in [2.45, 2.75) is 45.8 Å². The first-order valence-electron chi connectivity index (χ1n) is 10.9. The molecule has 0 bridgehead atoms. The highest BCUT2D eigenvalue weighted by atomic mass is 32.1. The molecule has 2 heterocycles. The van der Waals surface area contributed by atoms with Crippen LogP contribution >= 0.6 is 11.3 Å². The number of carbonyl (C=O) groups is 2. The Kier molecular flexibility index (Phi) is 6.55. The zero-order valence-electron chi connectivity index (χ0n) is 18.5. The van der Waals surface area contributed by atoms with Gasteiger partial charge in [0.2, 0.25) is 5.91 Å². The molecule has 2 amide bonds. The van der Waals surface area contributed by atoms with Gasteiger partial charge in [0.25, 0.3) is 5.91 Å². The summed E-state index contributed by atoms with van der Waals surface area (Å²) < 4.78 is 5.93. The lowest BCUT2D eigenvalue weighted by Gasteiger charge is -2.34. The molecule has 166 valence electrons. The zero-order valence-corrected chi connectivity index (χ0v) is 19.3. The van der Waals surface area contributed by atoms with Gasteiger partial charge in [-0.25, -0.2) is 4.98 Å². The fourth-order valence-electron chi connectivity index (χ4n) is 3.59. The normalized spacial score (nSPS) is 16.3. The first-order chi connectivity index (χ1) is 15.5. The Hall–Kier alpha value is -3.19. The number of ether oxygens (including phenoxy) is 1. The van der Waals surface area contributed by atoms with Crippen LogP contribution in [0.3, 0.4) is 0 Å². The Labute approximate surface area is 192 Å². The van der Waals surface area contributed by atoms with Crippen molar-refractivity contribution >= 4 is 28.8 Å². The molecule has 1 aliphatic rings. The predicted molar refractivity (Wildman–Crippen MR) is 128 cm³/mol. The average Bonchev–Trinajstić information content (AvgIpc) is 3.31. The smallest absolute Gasteiger partial charge is 0.268 e. The Morgan fingerprint density at radius 2 is 1.97 bits per heavy atom. The summed E-state index contributed by atoms with van der Waals surface area (Å²) in [5.41, 5.74) is 3.37. The van der Waals surface area contributed by atoms with Gasteiger partial charge in [0.05, 0.1) is 11.4 Å². The van der Waals surface area contributed by atoms with Gasteiger partial charge < -0.3 is 10.1 Å². The summed E-state index contributed by atoms with van der Waals surface area (Å²) in [7, 11) is 0. The van der Waals surface area contributed by atoms with E-state index in [9.17, 15) is 9.59 Å². The van der Waals surface area contributed by atoms with Crippen molar-refractivity contribution in [3.05, 3.63) is 53.9 Å². The molecule has 0 aliphatic carbocycles. The standard InChI is InChI=1S/C25H27N3O3S/c1-4-16(3)26-23(29)14-28-20-13-18(11-12-22(20)31-21(5-2)25(28)30)19-15-32-24(27-19)17-9-7-6-8-10-17/h6-13,15-16,21H,4-5,14H2,1-3H3,(H,26,29). The van der Waals surface area contributed by atoms with Crippen LogP contribution in [0.5, 0.6) is 5.75 Å². The van der Waals surface area contributed by atoms with Crippen LogP contribution in [0, 0.1) is 0 Å².